The summed E-state index contributed by atoms with van der Waals surface area (Å²) in [5.74, 6) is 0.251. The Balaban J connectivity index is 1.88. The first-order valence-electron chi connectivity index (χ1n) is 5.33. The first-order chi connectivity index (χ1) is 9.22. The van der Waals surface area contributed by atoms with Crippen LogP contribution in [-0.4, -0.2) is 24.9 Å². The zero-order chi connectivity index (χ0) is 13.2. The van der Waals surface area contributed by atoms with Crippen molar-refractivity contribution in [2.24, 2.45) is 0 Å². The molecule has 0 fully saturated rings. The van der Waals surface area contributed by atoms with E-state index in [0.29, 0.717) is 23.8 Å². The van der Waals surface area contributed by atoms with E-state index in [0.717, 1.165) is 0 Å². The highest BCUT2D eigenvalue weighted by Gasteiger charge is 2.12. The van der Waals surface area contributed by atoms with Gasteiger partial charge in [0, 0.05) is 5.56 Å². The Kier molecular flexibility index (Phi) is 2.96. The van der Waals surface area contributed by atoms with Crippen molar-refractivity contribution >= 4 is 11.6 Å². The molecule has 0 radical (unpaired) electrons. The standard InChI is InChI=1S/C11H7ClFN5O/c12-9-3-7(13)1-2-8(9)11-16-10(19-17-11)4-18-6-14-5-15-18/h1-3,5-6H,4H2. The first-order valence-corrected chi connectivity index (χ1v) is 5.70. The van der Waals surface area contributed by atoms with Crippen LogP contribution in [-0.2, 0) is 6.54 Å². The van der Waals surface area contributed by atoms with Crippen molar-refractivity contribution in [3.05, 3.63) is 47.6 Å². The van der Waals surface area contributed by atoms with Gasteiger partial charge in [-0.1, -0.05) is 16.8 Å². The lowest BCUT2D eigenvalue weighted by Gasteiger charge is -1.97. The zero-order valence-corrected chi connectivity index (χ0v) is 10.3. The monoisotopic (exact) mass is 279 g/mol. The van der Waals surface area contributed by atoms with Crippen LogP contribution in [0.25, 0.3) is 11.4 Å². The van der Waals surface area contributed by atoms with Crippen LogP contribution in [0.4, 0.5) is 4.39 Å². The average molecular weight is 280 g/mol. The molecule has 19 heavy (non-hydrogen) atoms. The smallest absolute Gasteiger partial charge is 0.248 e. The molecule has 2 heterocycles. The van der Waals surface area contributed by atoms with Crippen LogP contribution >= 0.6 is 11.6 Å². The molecule has 0 N–H and O–H groups in total. The normalized spacial score (nSPS) is 10.8. The molecule has 0 aliphatic carbocycles. The highest BCUT2D eigenvalue weighted by Crippen LogP contribution is 2.26. The van der Waals surface area contributed by atoms with Gasteiger partial charge in [-0.25, -0.2) is 14.1 Å². The van der Waals surface area contributed by atoms with Gasteiger partial charge in [-0.05, 0) is 18.2 Å². The fraction of sp³-hybridized carbons (Fsp3) is 0.0909. The van der Waals surface area contributed by atoms with Gasteiger partial charge in [0.1, 0.15) is 25.0 Å². The summed E-state index contributed by atoms with van der Waals surface area (Å²) < 4.78 is 19.6. The maximum atomic E-state index is 13.0. The molecular weight excluding hydrogens is 273 g/mol. The number of halogens is 2. The predicted molar refractivity (Wildman–Crippen MR) is 63.8 cm³/mol. The maximum absolute atomic E-state index is 13.0. The molecule has 96 valence electrons. The van der Waals surface area contributed by atoms with E-state index in [-0.39, 0.29) is 5.02 Å². The molecule has 0 saturated heterocycles. The molecule has 0 aliphatic rings. The number of aromatic nitrogens is 5. The molecule has 0 atom stereocenters. The van der Waals surface area contributed by atoms with Crippen LogP contribution in [0.3, 0.4) is 0 Å². The third-order valence-corrected chi connectivity index (χ3v) is 2.72. The van der Waals surface area contributed by atoms with Gasteiger partial charge in [-0.15, -0.1) is 0 Å². The van der Waals surface area contributed by atoms with Crippen molar-refractivity contribution in [3.63, 3.8) is 0 Å². The maximum Gasteiger partial charge on any atom is 0.248 e. The van der Waals surface area contributed by atoms with E-state index < -0.39 is 5.82 Å². The molecule has 0 spiro atoms. The molecule has 0 bridgehead atoms. The Bertz CT molecular complexity index is 697. The van der Waals surface area contributed by atoms with Crippen molar-refractivity contribution in [1.82, 2.24) is 24.9 Å². The first kappa shape index (κ1) is 11.8. The van der Waals surface area contributed by atoms with E-state index in [1.807, 2.05) is 0 Å². The van der Waals surface area contributed by atoms with Crippen LogP contribution in [0.5, 0.6) is 0 Å². The second-order valence-corrected chi connectivity index (χ2v) is 4.14. The summed E-state index contributed by atoms with van der Waals surface area (Å²) in [6.07, 6.45) is 2.95. The Morgan fingerprint density at radius 1 is 1.37 bits per heavy atom. The van der Waals surface area contributed by atoms with Crippen molar-refractivity contribution in [2.75, 3.05) is 0 Å². The van der Waals surface area contributed by atoms with Crippen molar-refractivity contribution in [3.8, 4) is 11.4 Å². The molecule has 3 rings (SSSR count). The van der Waals surface area contributed by atoms with Gasteiger partial charge in [0.05, 0.1) is 5.02 Å². The second-order valence-electron chi connectivity index (χ2n) is 3.73. The highest BCUT2D eigenvalue weighted by molar-refractivity contribution is 6.33. The molecule has 0 saturated carbocycles. The Labute approximate surface area is 111 Å². The molecule has 0 amide bonds. The van der Waals surface area contributed by atoms with Crippen LogP contribution < -0.4 is 0 Å². The van der Waals surface area contributed by atoms with E-state index in [4.69, 9.17) is 16.1 Å². The van der Waals surface area contributed by atoms with Gasteiger partial charge in [-0.2, -0.15) is 10.1 Å². The Morgan fingerprint density at radius 2 is 2.26 bits per heavy atom. The summed E-state index contributed by atoms with van der Waals surface area (Å²) >= 11 is 5.93. The van der Waals surface area contributed by atoms with Crippen LogP contribution in [0.15, 0.2) is 35.4 Å². The van der Waals surface area contributed by atoms with Gasteiger partial charge in [0.2, 0.25) is 11.7 Å². The third-order valence-electron chi connectivity index (χ3n) is 2.40. The number of nitrogens with zero attached hydrogens (tertiary/aromatic N) is 5. The Hall–Kier alpha value is -2.28. The largest absolute Gasteiger partial charge is 0.337 e. The number of rotatable bonds is 3. The van der Waals surface area contributed by atoms with E-state index in [1.54, 1.807) is 4.68 Å². The molecule has 8 heteroatoms. The number of hydrogen-bond donors (Lipinski definition) is 0. The summed E-state index contributed by atoms with van der Waals surface area (Å²) in [5, 5.41) is 7.96. The lowest BCUT2D eigenvalue weighted by molar-refractivity contribution is 0.366. The van der Waals surface area contributed by atoms with Gasteiger partial charge in [0.15, 0.2) is 0 Å². The topological polar surface area (TPSA) is 69.6 Å². The highest BCUT2D eigenvalue weighted by atomic mass is 35.5. The van der Waals surface area contributed by atoms with Crippen molar-refractivity contribution in [2.45, 2.75) is 6.54 Å². The third kappa shape index (κ3) is 2.45. The fourth-order valence-electron chi connectivity index (χ4n) is 1.55. The van der Waals surface area contributed by atoms with Gasteiger partial charge in [0.25, 0.3) is 0 Å². The number of hydrogen-bond acceptors (Lipinski definition) is 5. The molecular formula is C11H7ClFN5O. The summed E-state index contributed by atoms with van der Waals surface area (Å²) in [4.78, 5) is 7.98. The summed E-state index contributed by atoms with van der Waals surface area (Å²) in [6.45, 7) is 0.311. The van der Waals surface area contributed by atoms with Gasteiger partial charge < -0.3 is 4.52 Å². The minimum atomic E-state index is -0.417. The van der Waals surface area contributed by atoms with E-state index in [1.165, 1.54) is 30.9 Å². The van der Waals surface area contributed by atoms with Crippen molar-refractivity contribution < 1.29 is 8.91 Å². The Morgan fingerprint density at radius 3 is 3.00 bits per heavy atom. The van der Waals surface area contributed by atoms with Gasteiger partial charge >= 0.3 is 0 Å². The zero-order valence-electron chi connectivity index (χ0n) is 9.49. The lowest BCUT2D eigenvalue weighted by atomic mass is 10.2. The van der Waals surface area contributed by atoms with Gasteiger partial charge in [-0.3, -0.25) is 0 Å². The fourth-order valence-corrected chi connectivity index (χ4v) is 1.80. The minimum Gasteiger partial charge on any atom is -0.337 e. The van der Waals surface area contributed by atoms with E-state index >= 15 is 0 Å². The predicted octanol–water partition coefficient (Wildman–Crippen LogP) is 2.17. The molecule has 0 unspecified atom stereocenters. The molecule has 2 aromatic heterocycles. The molecule has 6 nitrogen and oxygen atoms in total. The van der Waals surface area contributed by atoms with Crippen molar-refractivity contribution in [1.29, 1.82) is 0 Å². The van der Waals surface area contributed by atoms with Crippen LogP contribution in [0.2, 0.25) is 5.02 Å². The van der Waals surface area contributed by atoms with Crippen LogP contribution in [0, 0.1) is 5.82 Å². The molecule has 0 aliphatic heterocycles. The summed E-state index contributed by atoms with van der Waals surface area (Å²) in [5.41, 5.74) is 0.511. The minimum absolute atomic E-state index is 0.230. The number of benzene rings is 1. The quantitative estimate of drug-likeness (QED) is 0.735. The van der Waals surface area contributed by atoms with E-state index in [2.05, 4.69) is 20.2 Å². The SMILES string of the molecule is Fc1ccc(-c2noc(Cn3cncn3)n2)c(Cl)c1. The molecule has 1 aromatic carbocycles. The lowest BCUT2D eigenvalue weighted by Crippen LogP contribution is -2.00. The average Bonchev–Trinajstić information content (AvgIpc) is 3.01. The van der Waals surface area contributed by atoms with E-state index in [9.17, 15) is 4.39 Å². The second kappa shape index (κ2) is 4.77. The summed E-state index contributed by atoms with van der Waals surface area (Å²) in [6, 6.07) is 3.99. The summed E-state index contributed by atoms with van der Waals surface area (Å²) in [7, 11) is 0. The van der Waals surface area contributed by atoms with Crippen LogP contribution in [0.1, 0.15) is 5.89 Å². The molecule has 3 aromatic rings.